The van der Waals surface area contributed by atoms with Crippen molar-refractivity contribution in [2.24, 2.45) is 4.99 Å². The van der Waals surface area contributed by atoms with Gasteiger partial charge in [0.25, 0.3) is 0 Å². The Morgan fingerprint density at radius 3 is 2.16 bits per heavy atom. The summed E-state index contributed by atoms with van der Waals surface area (Å²) in [7, 11) is 0. The van der Waals surface area contributed by atoms with Gasteiger partial charge in [0, 0.05) is 19.4 Å². The number of amidine groups is 1. The molecule has 25 heavy (non-hydrogen) atoms. The summed E-state index contributed by atoms with van der Waals surface area (Å²) in [6.07, 6.45) is 14.6. The number of aliphatic imine (C=N–C) groups is 1. The van der Waals surface area contributed by atoms with Crippen molar-refractivity contribution in [3.8, 4) is 0 Å². The molecule has 0 fully saturated rings. The number of aliphatic carboxylic acids is 1. The molecule has 0 aromatic rings. The van der Waals surface area contributed by atoms with E-state index >= 15 is 0 Å². The lowest BCUT2D eigenvalue weighted by molar-refractivity contribution is -0.829. The molecule has 1 unspecified atom stereocenters. The zero-order chi connectivity index (χ0) is 18.4. The molecule has 0 bridgehead atoms. The molecule has 0 saturated carbocycles. The fraction of sp³-hybridized carbons (Fsp3) is 0.900. The Bertz CT molecular complexity index is 398. The van der Waals surface area contributed by atoms with Crippen molar-refractivity contribution in [2.45, 2.75) is 84.0 Å². The lowest BCUT2D eigenvalue weighted by Gasteiger charge is -2.33. The van der Waals surface area contributed by atoms with Gasteiger partial charge in [-0.05, 0) is 6.42 Å². The molecule has 0 aromatic heterocycles. The van der Waals surface area contributed by atoms with Gasteiger partial charge in [0.1, 0.15) is 6.54 Å². The van der Waals surface area contributed by atoms with Crippen LogP contribution in [0.3, 0.4) is 0 Å². The van der Waals surface area contributed by atoms with Crippen LogP contribution in [0.4, 0.5) is 0 Å². The standard InChI is InChI=1S/C20H38N2O3/c1-2-3-4-5-6-7-8-9-10-11-13-19-21-14-16-22(19,15-12-17-23)18-20(24)25/h23H,2-18H2,1H3/p+1. The van der Waals surface area contributed by atoms with Crippen molar-refractivity contribution in [1.29, 1.82) is 0 Å². The third-order valence-corrected chi connectivity index (χ3v) is 5.31. The Morgan fingerprint density at radius 2 is 1.60 bits per heavy atom. The van der Waals surface area contributed by atoms with Crippen molar-refractivity contribution >= 4 is 11.8 Å². The van der Waals surface area contributed by atoms with E-state index in [0.717, 1.165) is 31.8 Å². The number of nitrogens with zero attached hydrogens (tertiary/aromatic N) is 2. The first kappa shape index (κ1) is 22.1. The highest BCUT2D eigenvalue weighted by Gasteiger charge is 2.39. The van der Waals surface area contributed by atoms with Gasteiger partial charge in [-0.25, -0.2) is 9.79 Å². The molecule has 1 heterocycles. The van der Waals surface area contributed by atoms with Gasteiger partial charge in [-0.2, -0.15) is 0 Å². The SMILES string of the molecule is CCCCCCCCCCCCC1=NCC[N+]1(CCCO)CC(=O)O. The van der Waals surface area contributed by atoms with Gasteiger partial charge in [-0.15, -0.1) is 0 Å². The monoisotopic (exact) mass is 355 g/mol. The Morgan fingerprint density at radius 1 is 1.00 bits per heavy atom. The Labute approximate surface area is 153 Å². The van der Waals surface area contributed by atoms with Gasteiger partial charge in [-0.3, -0.25) is 4.48 Å². The number of carboxylic acid groups (broad SMARTS) is 1. The number of aliphatic hydroxyl groups excluding tert-OH is 1. The minimum Gasteiger partial charge on any atom is -0.477 e. The molecule has 0 spiro atoms. The van der Waals surface area contributed by atoms with E-state index < -0.39 is 5.97 Å². The second-order valence-corrected chi connectivity index (χ2v) is 7.45. The average molecular weight is 356 g/mol. The van der Waals surface area contributed by atoms with Gasteiger partial charge in [0.05, 0.1) is 13.1 Å². The molecule has 1 atom stereocenters. The third-order valence-electron chi connectivity index (χ3n) is 5.31. The summed E-state index contributed by atoms with van der Waals surface area (Å²) in [5.74, 6) is 0.283. The Kier molecular flexibility index (Phi) is 11.7. The number of unbranched alkanes of at least 4 members (excludes halogenated alkanes) is 9. The van der Waals surface area contributed by atoms with Crippen LogP contribution >= 0.6 is 0 Å². The summed E-state index contributed by atoms with van der Waals surface area (Å²) < 4.78 is 0.466. The van der Waals surface area contributed by atoms with Gasteiger partial charge < -0.3 is 10.2 Å². The zero-order valence-corrected chi connectivity index (χ0v) is 16.2. The van der Waals surface area contributed by atoms with E-state index in [0.29, 0.717) is 17.4 Å². The number of aliphatic hydroxyl groups is 1. The van der Waals surface area contributed by atoms with Crippen LogP contribution < -0.4 is 0 Å². The Hall–Kier alpha value is -0.940. The summed E-state index contributed by atoms with van der Waals surface area (Å²) in [5.41, 5.74) is 0. The maximum Gasteiger partial charge on any atom is 0.359 e. The second kappa shape index (κ2) is 13.3. The quantitative estimate of drug-likeness (QED) is 0.325. The fourth-order valence-corrected chi connectivity index (χ4v) is 3.86. The van der Waals surface area contributed by atoms with Crippen molar-refractivity contribution in [2.75, 3.05) is 32.8 Å². The normalized spacial score (nSPS) is 20.0. The lowest BCUT2D eigenvalue weighted by atomic mass is 10.1. The van der Waals surface area contributed by atoms with Crippen LogP contribution in [-0.4, -0.2) is 59.3 Å². The second-order valence-electron chi connectivity index (χ2n) is 7.45. The van der Waals surface area contributed by atoms with Crippen LogP contribution in [0, 0.1) is 0 Å². The maximum absolute atomic E-state index is 11.3. The van der Waals surface area contributed by atoms with E-state index in [2.05, 4.69) is 11.9 Å². The van der Waals surface area contributed by atoms with Crippen molar-refractivity contribution in [3.05, 3.63) is 0 Å². The highest BCUT2D eigenvalue weighted by atomic mass is 16.4. The smallest absolute Gasteiger partial charge is 0.359 e. The van der Waals surface area contributed by atoms with E-state index in [9.17, 15) is 9.90 Å². The van der Waals surface area contributed by atoms with Crippen molar-refractivity contribution in [3.63, 3.8) is 0 Å². The average Bonchev–Trinajstić information content (AvgIpc) is 2.96. The molecule has 0 amide bonds. The van der Waals surface area contributed by atoms with Crippen LogP contribution in [0.2, 0.25) is 0 Å². The van der Waals surface area contributed by atoms with E-state index in [1.807, 2.05) is 0 Å². The topological polar surface area (TPSA) is 69.9 Å². The number of hydrogen-bond acceptors (Lipinski definition) is 3. The predicted molar refractivity (Wildman–Crippen MR) is 103 cm³/mol. The molecule has 0 saturated heterocycles. The van der Waals surface area contributed by atoms with Crippen LogP contribution in [0.25, 0.3) is 0 Å². The molecule has 0 aliphatic carbocycles. The largest absolute Gasteiger partial charge is 0.477 e. The lowest BCUT2D eigenvalue weighted by Crippen LogP contribution is -2.54. The molecule has 2 N–H and O–H groups in total. The highest BCUT2D eigenvalue weighted by molar-refractivity contribution is 5.80. The van der Waals surface area contributed by atoms with E-state index in [1.54, 1.807) is 0 Å². The summed E-state index contributed by atoms with van der Waals surface area (Å²) in [5, 5.41) is 18.4. The molecule has 5 nitrogen and oxygen atoms in total. The van der Waals surface area contributed by atoms with Gasteiger partial charge in [0.2, 0.25) is 0 Å². The summed E-state index contributed by atoms with van der Waals surface area (Å²) in [6.45, 7) is 4.68. The molecule has 1 aliphatic rings. The van der Waals surface area contributed by atoms with Crippen LogP contribution in [0.1, 0.15) is 84.0 Å². The summed E-state index contributed by atoms with van der Waals surface area (Å²) in [4.78, 5) is 15.9. The van der Waals surface area contributed by atoms with E-state index in [4.69, 9.17) is 5.11 Å². The Balaban J connectivity index is 2.22. The number of quaternary nitrogens is 1. The van der Waals surface area contributed by atoms with E-state index in [-0.39, 0.29) is 13.2 Å². The van der Waals surface area contributed by atoms with E-state index in [1.165, 1.54) is 57.8 Å². The predicted octanol–water partition coefficient (Wildman–Crippen LogP) is 3.99. The van der Waals surface area contributed by atoms with Crippen LogP contribution in [0.15, 0.2) is 4.99 Å². The van der Waals surface area contributed by atoms with Crippen LogP contribution in [-0.2, 0) is 4.79 Å². The minimum atomic E-state index is -0.768. The highest BCUT2D eigenvalue weighted by Crippen LogP contribution is 2.21. The molecule has 1 rings (SSSR count). The number of hydrogen-bond donors (Lipinski definition) is 2. The summed E-state index contributed by atoms with van der Waals surface area (Å²) >= 11 is 0. The molecule has 1 aliphatic heterocycles. The van der Waals surface area contributed by atoms with Crippen molar-refractivity contribution < 1.29 is 19.5 Å². The summed E-state index contributed by atoms with van der Waals surface area (Å²) in [6, 6.07) is 0. The number of carbonyl (C=O) groups is 1. The first-order chi connectivity index (χ1) is 12.1. The minimum absolute atomic E-state index is 0.108. The van der Waals surface area contributed by atoms with Gasteiger partial charge >= 0.3 is 5.97 Å². The number of rotatable bonds is 16. The fourth-order valence-electron chi connectivity index (χ4n) is 3.86. The third kappa shape index (κ3) is 8.82. The maximum atomic E-state index is 11.3. The first-order valence-electron chi connectivity index (χ1n) is 10.4. The van der Waals surface area contributed by atoms with Crippen molar-refractivity contribution in [1.82, 2.24) is 0 Å². The first-order valence-corrected chi connectivity index (χ1v) is 10.4. The number of carboxylic acids is 1. The molecule has 0 aromatic carbocycles. The zero-order valence-electron chi connectivity index (χ0n) is 16.2. The molecule has 5 heteroatoms. The molecule has 146 valence electrons. The molecular formula is C20H39N2O3+. The molecule has 0 radical (unpaired) electrons. The van der Waals surface area contributed by atoms with Crippen LogP contribution in [0.5, 0.6) is 0 Å². The van der Waals surface area contributed by atoms with Gasteiger partial charge in [-0.1, -0.05) is 64.7 Å². The molecular weight excluding hydrogens is 316 g/mol. The van der Waals surface area contributed by atoms with Gasteiger partial charge in [0.15, 0.2) is 12.4 Å².